The molecule has 0 aliphatic carbocycles. The van der Waals surface area contributed by atoms with Crippen molar-refractivity contribution in [3.63, 3.8) is 0 Å². The van der Waals surface area contributed by atoms with Crippen molar-refractivity contribution in [2.24, 2.45) is 0 Å². The SMILES string of the molecule is O=c1c2sccc2nc2n1CC(CBr)S2. The monoisotopic (exact) mass is 302 g/mol. The van der Waals surface area contributed by atoms with Crippen LogP contribution in [0.1, 0.15) is 0 Å². The summed E-state index contributed by atoms with van der Waals surface area (Å²) >= 11 is 6.59. The van der Waals surface area contributed by atoms with Crippen molar-refractivity contribution in [2.45, 2.75) is 17.0 Å². The first-order valence-corrected chi connectivity index (χ1v) is 7.38. The fourth-order valence-corrected chi connectivity index (χ4v) is 4.04. The van der Waals surface area contributed by atoms with Crippen molar-refractivity contribution in [3.8, 4) is 0 Å². The average molecular weight is 303 g/mol. The van der Waals surface area contributed by atoms with Crippen LogP contribution in [0.25, 0.3) is 10.2 Å². The van der Waals surface area contributed by atoms with Crippen LogP contribution in [-0.4, -0.2) is 20.1 Å². The molecule has 0 saturated carbocycles. The van der Waals surface area contributed by atoms with Crippen LogP contribution in [-0.2, 0) is 6.54 Å². The van der Waals surface area contributed by atoms with Gasteiger partial charge in [-0.25, -0.2) is 4.98 Å². The van der Waals surface area contributed by atoms with Crippen LogP contribution < -0.4 is 5.56 Å². The second-order valence-electron chi connectivity index (χ2n) is 3.34. The van der Waals surface area contributed by atoms with Gasteiger partial charge < -0.3 is 0 Å². The predicted molar refractivity (Wildman–Crippen MR) is 67.3 cm³/mol. The smallest absolute Gasteiger partial charge is 0.272 e. The summed E-state index contributed by atoms with van der Waals surface area (Å²) in [6, 6.07) is 1.91. The standard InChI is InChI=1S/C9H7BrN2OS2/c10-3-5-4-12-8(13)7-6(1-2-14-7)11-9(12)15-5/h1-2,5H,3-4H2. The highest BCUT2D eigenvalue weighted by atomic mass is 79.9. The lowest BCUT2D eigenvalue weighted by molar-refractivity contribution is 0.633. The number of rotatable bonds is 1. The minimum atomic E-state index is 0.112. The molecule has 0 bridgehead atoms. The third-order valence-corrected chi connectivity index (χ3v) is 5.63. The van der Waals surface area contributed by atoms with E-state index in [0.717, 1.165) is 27.2 Å². The van der Waals surface area contributed by atoms with E-state index < -0.39 is 0 Å². The highest BCUT2D eigenvalue weighted by Gasteiger charge is 2.24. The molecule has 0 saturated heterocycles. The maximum Gasteiger partial charge on any atom is 0.272 e. The van der Waals surface area contributed by atoms with E-state index in [0.29, 0.717) is 5.25 Å². The Bertz CT molecular complexity index is 577. The van der Waals surface area contributed by atoms with E-state index in [2.05, 4.69) is 20.9 Å². The van der Waals surface area contributed by atoms with Gasteiger partial charge in [-0.3, -0.25) is 9.36 Å². The summed E-state index contributed by atoms with van der Waals surface area (Å²) in [6.07, 6.45) is 0. The van der Waals surface area contributed by atoms with Crippen molar-refractivity contribution in [1.29, 1.82) is 0 Å². The summed E-state index contributed by atoms with van der Waals surface area (Å²) in [5.41, 5.74) is 0.944. The summed E-state index contributed by atoms with van der Waals surface area (Å²) in [5.74, 6) is 0. The van der Waals surface area contributed by atoms with E-state index in [1.54, 1.807) is 16.3 Å². The number of fused-ring (bicyclic) bond motifs is 2. The lowest BCUT2D eigenvalue weighted by atomic mass is 10.4. The Kier molecular flexibility index (Phi) is 2.37. The molecule has 1 unspecified atom stereocenters. The van der Waals surface area contributed by atoms with E-state index in [-0.39, 0.29) is 5.56 Å². The molecule has 3 nitrogen and oxygen atoms in total. The molecule has 0 radical (unpaired) electrons. The third kappa shape index (κ3) is 1.46. The molecule has 0 aromatic carbocycles. The van der Waals surface area contributed by atoms with Crippen molar-refractivity contribution < 1.29 is 0 Å². The molecule has 78 valence electrons. The molecule has 2 aromatic heterocycles. The zero-order valence-corrected chi connectivity index (χ0v) is 10.9. The summed E-state index contributed by atoms with van der Waals surface area (Å²) in [6.45, 7) is 0.769. The number of alkyl halides is 1. The molecule has 0 N–H and O–H groups in total. The number of thiophene rings is 1. The number of hydrogen-bond donors (Lipinski definition) is 0. The summed E-state index contributed by atoms with van der Waals surface area (Å²) in [5, 5.41) is 4.10. The van der Waals surface area contributed by atoms with Crippen LogP contribution in [0.15, 0.2) is 21.4 Å². The number of thioether (sulfide) groups is 1. The highest BCUT2D eigenvalue weighted by Crippen LogP contribution is 2.31. The van der Waals surface area contributed by atoms with Gasteiger partial charge in [0.05, 0.1) is 5.52 Å². The molecule has 1 atom stereocenters. The molecule has 3 rings (SSSR count). The maximum atomic E-state index is 12.0. The van der Waals surface area contributed by atoms with Gasteiger partial charge in [0.25, 0.3) is 5.56 Å². The van der Waals surface area contributed by atoms with Gasteiger partial charge in [-0.1, -0.05) is 27.7 Å². The van der Waals surface area contributed by atoms with Crippen LogP contribution in [0.4, 0.5) is 0 Å². The molecule has 0 fully saturated rings. The first-order chi connectivity index (χ1) is 7.29. The average Bonchev–Trinajstić information content (AvgIpc) is 2.83. The van der Waals surface area contributed by atoms with Gasteiger partial charge >= 0.3 is 0 Å². The van der Waals surface area contributed by atoms with Crippen LogP contribution >= 0.6 is 39.0 Å². The molecule has 1 aliphatic rings. The van der Waals surface area contributed by atoms with Gasteiger partial charge in [-0.2, -0.15) is 0 Å². The molecule has 15 heavy (non-hydrogen) atoms. The largest absolute Gasteiger partial charge is 0.285 e. The fourth-order valence-electron chi connectivity index (χ4n) is 1.64. The predicted octanol–water partition coefficient (Wildman–Crippen LogP) is 2.33. The number of halogens is 1. The van der Waals surface area contributed by atoms with Crippen LogP contribution in [0, 0.1) is 0 Å². The first kappa shape index (κ1) is 9.86. The quantitative estimate of drug-likeness (QED) is 0.599. The van der Waals surface area contributed by atoms with Gasteiger partial charge in [0.1, 0.15) is 4.70 Å². The van der Waals surface area contributed by atoms with Gasteiger partial charge in [0.2, 0.25) is 0 Å². The lowest BCUT2D eigenvalue weighted by Crippen LogP contribution is -2.21. The van der Waals surface area contributed by atoms with E-state index in [4.69, 9.17) is 0 Å². The molecule has 3 heterocycles. The maximum absolute atomic E-state index is 12.0. The summed E-state index contributed by atoms with van der Waals surface area (Å²) in [7, 11) is 0. The van der Waals surface area contributed by atoms with Crippen LogP contribution in [0.3, 0.4) is 0 Å². The van der Waals surface area contributed by atoms with Gasteiger partial charge in [-0.15, -0.1) is 11.3 Å². The zero-order valence-electron chi connectivity index (χ0n) is 7.64. The second-order valence-corrected chi connectivity index (χ2v) is 6.17. The Morgan fingerprint density at radius 3 is 3.33 bits per heavy atom. The van der Waals surface area contributed by atoms with E-state index in [1.165, 1.54) is 11.3 Å². The molecule has 6 heteroatoms. The van der Waals surface area contributed by atoms with Crippen LogP contribution in [0.2, 0.25) is 0 Å². The third-order valence-electron chi connectivity index (χ3n) is 2.36. The lowest BCUT2D eigenvalue weighted by Gasteiger charge is -2.00. The Balaban J connectivity index is 2.26. The second kappa shape index (κ2) is 3.61. The minimum absolute atomic E-state index is 0.112. The molecule has 2 aromatic rings. The molecular weight excluding hydrogens is 296 g/mol. The summed E-state index contributed by atoms with van der Waals surface area (Å²) in [4.78, 5) is 16.5. The number of nitrogens with zero attached hydrogens (tertiary/aromatic N) is 2. The first-order valence-electron chi connectivity index (χ1n) is 4.50. The Labute approximate surface area is 103 Å². The number of hydrogen-bond acceptors (Lipinski definition) is 4. The van der Waals surface area contributed by atoms with E-state index in [1.807, 2.05) is 11.4 Å². The van der Waals surface area contributed by atoms with Gasteiger partial charge in [0.15, 0.2) is 5.16 Å². The Morgan fingerprint density at radius 1 is 1.67 bits per heavy atom. The zero-order chi connectivity index (χ0) is 10.4. The fraction of sp³-hybridized carbons (Fsp3) is 0.333. The van der Waals surface area contributed by atoms with Gasteiger partial charge in [-0.05, 0) is 11.4 Å². The van der Waals surface area contributed by atoms with Crippen LogP contribution in [0.5, 0.6) is 0 Å². The number of aromatic nitrogens is 2. The Morgan fingerprint density at radius 2 is 2.53 bits per heavy atom. The molecule has 1 aliphatic heterocycles. The van der Waals surface area contributed by atoms with E-state index in [9.17, 15) is 4.79 Å². The molecule has 0 spiro atoms. The van der Waals surface area contributed by atoms with Crippen molar-refractivity contribution in [1.82, 2.24) is 9.55 Å². The Hall–Kier alpha value is -0.330. The highest BCUT2D eigenvalue weighted by molar-refractivity contribution is 9.09. The normalized spacial score (nSPS) is 19.7. The van der Waals surface area contributed by atoms with E-state index >= 15 is 0 Å². The topological polar surface area (TPSA) is 34.9 Å². The molecule has 0 amide bonds. The van der Waals surface area contributed by atoms with Gasteiger partial charge in [0, 0.05) is 17.1 Å². The van der Waals surface area contributed by atoms with Crippen molar-refractivity contribution >= 4 is 49.2 Å². The molecular formula is C9H7BrN2OS2. The minimum Gasteiger partial charge on any atom is -0.285 e. The van der Waals surface area contributed by atoms with Crippen molar-refractivity contribution in [2.75, 3.05) is 5.33 Å². The summed E-state index contributed by atoms with van der Waals surface area (Å²) < 4.78 is 2.56. The van der Waals surface area contributed by atoms with Crippen molar-refractivity contribution in [3.05, 3.63) is 21.8 Å².